The van der Waals surface area contributed by atoms with Crippen molar-refractivity contribution < 1.29 is 9.59 Å². The van der Waals surface area contributed by atoms with Crippen molar-refractivity contribution in [3.63, 3.8) is 0 Å². The predicted octanol–water partition coefficient (Wildman–Crippen LogP) is 2.98. The highest BCUT2D eigenvalue weighted by Crippen LogP contribution is 2.20. The van der Waals surface area contributed by atoms with Gasteiger partial charge in [-0.25, -0.2) is 0 Å². The molecule has 2 aromatic carbocycles. The molecule has 0 aliphatic carbocycles. The monoisotopic (exact) mass is 427 g/mol. The Labute approximate surface area is 164 Å². The van der Waals surface area contributed by atoms with Crippen molar-refractivity contribution in [2.75, 3.05) is 11.9 Å². The van der Waals surface area contributed by atoms with Gasteiger partial charge in [-0.15, -0.1) is 0 Å². The number of aromatic nitrogens is 1. The van der Waals surface area contributed by atoms with Crippen molar-refractivity contribution >= 4 is 44.3 Å². The zero-order valence-corrected chi connectivity index (χ0v) is 16.5. The van der Waals surface area contributed by atoms with E-state index in [0.717, 1.165) is 10.0 Å². The second kappa shape index (κ2) is 7.75. The SMILES string of the molecule is Cc1cc(NC(=O)CNC(=O)c2cc(=O)n(C)c3ccccc23)ccc1Br. The lowest BCUT2D eigenvalue weighted by molar-refractivity contribution is -0.115. The van der Waals surface area contributed by atoms with Crippen LogP contribution in [-0.4, -0.2) is 22.9 Å². The normalized spacial score (nSPS) is 10.6. The molecule has 6 nitrogen and oxygen atoms in total. The molecule has 1 aromatic heterocycles. The lowest BCUT2D eigenvalue weighted by Crippen LogP contribution is -2.34. The van der Waals surface area contributed by atoms with E-state index in [-0.39, 0.29) is 23.6 Å². The summed E-state index contributed by atoms with van der Waals surface area (Å²) in [6.45, 7) is 1.72. The van der Waals surface area contributed by atoms with Crippen molar-refractivity contribution in [2.45, 2.75) is 6.92 Å². The van der Waals surface area contributed by atoms with Crippen LogP contribution < -0.4 is 16.2 Å². The fourth-order valence-electron chi connectivity index (χ4n) is 2.78. The molecule has 3 aromatic rings. The molecule has 0 spiro atoms. The second-order valence-corrected chi connectivity index (χ2v) is 7.02. The predicted molar refractivity (Wildman–Crippen MR) is 109 cm³/mol. The average molecular weight is 428 g/mol. The van der Waals surface area contributed by atoms with Crippen molar-refractivity contribution in [2.24, 2.45) is 7.05 Å². The number of pyridine rings is 1. The maximum Gasteiger partial charge on any atom is 0.252 e. The van der Waals surface area contributed by atoms with E-state index in [9.17, 15) is 14.4 Å². The summed E-state index contributed by atoms with van der Waals surface area (Å²) in [5.41, 5.74) is 2.26. The van der Waals surface area contributed by atoms with Crippen LogP contribution in [0.1, 0.15) is 15.9 Å². The third-order valence-corrected chi connectivity index (χ3v) is 5.14. The van der Waals surface area contributed by atoms with Crippen LogP contribution in [0.5, 0.6) is 0 Å². The van der Waals surface area contributed by atoms with Crippen LogP contribution >= 0.6 is 15.9 Å². The van der Waals surface area contributed by atoms with E-state index in [0.29, 0.717) is 16.6 Å². The first-order chi connectivity index (χ1) is 12.9. The lowest BCUT2D eigenvalue weighted by atomic mass is 10.1. The Balaban J connectivity index is 1.73. The Bertz CT molecular complexity index is 1110. The number of fused-ring (bicyclic) bond motifs is 1. The van der Waals surface area contributed by atoms with Gasteiger partial charge in [-0.2, -0.15) is 0 Å². The fourth-order valence-corrected chi connectivity index (χ4v) is 3.03. The van der Waals surface area contributed by atoms with Gasteiger partial charge in [0.2, 0.25) is 5.91 Å². The molecule has 0 unspecified atom stereocenters. The molecule has 0 saturated carbocycles. The number of halogens is 1. The van der Waals surface area contributed by atoms with Gasteiger partial charge in [0, 0.05) is 28.7 Å². The summed E-state index contributed by atoms with van der Waals surface area (Å²) in [7, 11) is 1.65. The van der Waals surface area contributed by atoms with Gasteiger partial charge in [-0.05, 0) is 36.8 Å². The molecule has 2 N–H and O–H groups in total. The van der Waals surface area contributed by atoms with Crippen LogP contribution in [0.4, 0.5) is 5.69 Å². The minimum Gasteiger partial charge on any atom is -0.343 e. The van der Waals surface area contributed by atoms with Crippen LogP contribution in [0.3, 0.4) is 0 Å². The number of nitrogens with zero attached hydrogens (tertiary/aromatic N) is 1. The topological polar surface area (TPSA) is 80.2 Å². The number of nitrogens with one attached hydrogen (secondary N) is 2. The molecule has 2 amide bonds. The van der Waals surface area contributed by atoms with Crippen LogP contribution in [0.2, 0.25) is 0 Å². The van der Waals surface area contributed by atoms with E-state index in [1.54, 1.807) is 37.4 Å². The van der Waals surface area contributed by atoms with Gasteiger partial charge in [-0.1, -0.05) is 34.1 Å². The van der Waals surface area contributed by atoms with Crippen molar-refractivity contribution in [1.29, 1.82) is 0 Å². The largest absolute Gasteiger partial charge is 0.343 e. The van der Waals surface area contributed by atoms with E-state index in [1.807, 2.05) is 19.1 Å². The van der Waals surface area contributed by atoms with Crippen LogP contribution in [0, 0.1) is 6.92 Å². The molecule has 0 fully saturated rings. The minimum absolute atomic E-state index is 0.197. The standard InChI is InChI=1S/C20H18BrN3O3/c1-12-9-13(7-8-16(12)21)23-18(25)11-22-20(27)15-10-19(26)24(2)17-6-4-3-5-14(15)17/h3-10H,11H2,1-2H3,(H,22,27)(H,23,25). The Kier molecular flexibility index (Phi) is 5.41. The van der Waals surface area contributed by atoms with E-state index >= 15 is 0 Å². The highest BCUT2D eigenvalue weighted by Gasteiger charge is 2.14. The quantitative estimate of drug-likeness (QED) is 0.671. The van der Waals surface area contributed by atoms with Gasteiger partial charge in [-0.3, -0.25) is 14.4 Å². The van der Waals surface area contributed by atoms with Crippen molar-refractivity contribution in [1.82, 2.24) is 9.88 Å². The summed E-state index contributed by atoms with van der Waals surface area (Å²) in [5.74, 6) is -0.816. The number of anilines is 1. The number of rotatable bonds is 4. The summed E-state index contributed by atoms with van der Waals surface area (Å²) in [6, 6.07) is 13.9. The lowest BCUT2D eigenvalue weighted by Gasteiger charge is -2.11. The first-order valence-electron chi connectivity index (χ1n) is 8.30. The molecule has 0 saturated heterocycles. The molecule has 7 heteroatoms. The number of carbonyl (C=O) groups is 2. The molecule has 0 atom stereocenters. The van der Waals surface area contributed by atoms with Gasteiger partial charge in [0.1, 0.15) is 0 Å². The third kappa shape index (κ3) is 4.09. The van der Waals surface area contributed by atoms with Gasteiger partial charge >= 0.3 is 0 Å². The third-order valence-electron chi connectivity index (χ3n) is 4.25. The van der Waals surface area contributed by atoms with Crippen molar-refractivity contribution in [3.8, 4) is 0 Å². The van der Waals surface area contributed by atoms with Gasteiger partial charge in [0.15, 0.2) is 0 Å². The van der Waals surface area contributed by atoms with E-state index in [4.69, 9.17) is 0 Å². The van der Waals surface area contributed by atoms with Crippen LogP contribution in [0.15, 0.2) is 57.8 Å². The summed E-state index contributed by atoms with van der Waals surface area (Å²) in [6.07, 6.45) is 0. The maximum atomic E-state index is 12.5. The molecule has 138 valence electrons. The van der Waals surface area contributed by atoms with E-state index in [1.165, 1.54) is 10.6 Å². The van der Waals surface area contributed by atoms with Crippen molar-refractivity contribution in [3.05, 3.63) is 74.5 Å². The molecule has 0 aliphatic rings. The van der Waals surface area contributed by atoms with Gasteiger partial charge in [0.25, 0.3) is 11.5 Å². The number of benzene rings is 2. The zero-order valence-electron chi connectivity index (χ0n) is 14.9. The first-order valence-corrected chi connectivity index (χ1v) is 9.09. The molecule has 1 heterocycles. The Hall–Kier alpha value is -2.93. The average Bonchev–Trinajstić information content (AvgIpc) is 2.66. The summed E-state index contributed by atoms with van der Waals surface area (Å²) < 4.78 is 2.43. The minimum atomic E-state index is -0.467. The smallest absolute Gasteiger partial charge is 0.252 e. The molecule has 27 heavy (non-hydrogen) atoms. The summed E-state index contributed by atoms with van der Waals surface area (Å²) in [4.78, 5) is 36.8. The molecular weight excluding hydrogens is 410 g/mol. The number of para-hydroxylation sites is 1. The number of amides is 2. The Morgan fingerprint density at radius 2 is 1.85 bits per heavy atom. The van der Waals surface area contributed by atoms with Crippen LogP contribution in [-0.2, 0) is 11.8 Å². The van der Waals surface area contributed by atoms with E-state index < -0.39 is 5.91 Å². The zero-order chi connectivity index (χ0) is 19.6. The molecule has 0 aliphatic heterocycles. The summed E-state index contributed by atoms with van der Waals surface area (Å²) >= 11 is 3.40. The number of aryl methyl sites for hydroxylation is 2. The van der Waals surface area contributed by atoms with Crippen LogP contribution in [0.25, 0.3) is 10.9 Å². The molecular formula is C20H18BrN3O3. The molecule has 0 radical (unpaired) electrons. The first kappa shape index (κ1) is 18.8. The Morgan fingerprint density at radius 1 is 1.11 bits per heavy atom. The highest BCUT2D eigenvalue weighted by molar-refractivity contribution is 9.10. The number of hydrogen-bond donors (Lipinski definition) is 2. The maximum absolute atomic E-state index is 12.5. The highest BCUT2D eigenvalue weighted by atomic mass is 79.9. The van der Waals surface area contributed by atoms with Gasteiger partial charge in [0.05, 0.1) is 17.6 Å². The second-order valence-electron chi connectivity index (χ2n) is 6.17. The number of hydrogen-bond acceptors (Lipinski definition) is 3. The number of carbonyl (C=O) groups excluding carboxylic acids is 2. The Morgan fingerprint density at radius 3 is 2.59 bits per heavy atom. The molecule has 3 rings (SSSR count). The van der Waals surface area contributed by atoms with E-state index in [2.05, 4.69) is 26.6 Å². The summed E-state index contributed by atoms with van der Waals surface area (Å²) in [5, 5.41) is 5.96. The molecule has 0 bridgehead atoms. The fraction of sp³-hybridized carbons (Fsp3) is 0.150. The van der Waals surface area contributed by atoms with Gasteiger partial charge < -0.3 is 15.2 Å².